The molecule has 0 spiro atoms. The van der Waals surface area contributed by atoms with Crippen LogP contribution in [-0.4, -0.2) is 28.8 Å². The van der Waals surface area contributed by atoms with Gasteiger partial charge in [0.1, 0.15) is 11.7 Å². The summed E-state index contributed by atoms with van der Waals surface area (Å²) in [7, 11) is 0. The Morgan fingerprint density at radius 2 is 1.40 bits per heavy atom. The van der Waals surface area contributed by atoms with Gasteiger partial charge in [0, 0.05) is 12.1 Å². The highest BCUT2D eigenvalue weighted by Crippen LogP contribution is 2.47. The summed E-state index contributed by atoms with van der Waals surface area (Å²) in [6.45, 7) is 0. The normalized spacial score (nSPS) is 19.9. The third-order valence-electron chi connectivity index (χ3n) is 6.89. The Kier molecular flexibility index (Phi) is 6.29. The SMILES string of the molecule is O=C(Oc1ccc([C@@H]2[C@@H]3C(=O)N(c4ccc([N+](=O)[O-])cc4)C(=O)[C@H]3ON2c2ccccc2)cc1)c1ccccc1. The first-order valence-electron chi connectivity index (χ1n) is 12.4. The lowest BCUT2D eigenvalue weighted by Crippen LogP contribution is -2.37. The molecule has 10 heteroatoms. The first-order chi connectivity index (χ1) is 19.4. The number of rotatable bonds is 6. The van der Waals surface area contributed by atoms with Crippen LogP contribution < -0.4 is 14.7 Å². The molecule has 0 aromatic heterocycles. The summed E-state index contributed by atoms with van der Waals surface area (Å²) in [5.74, 6) is -2.10. The maximum Gasteiger partial charge on any atom is 0.343 e. The van der Waals surface area contributed by atoms with Crippen molar-refractivity contribution in [1.29, 1.82) is 0 Å². The molecular formula is C30H21N3O7. The van der Waals surface area contributed by atoms with Crippen molar-refractivity contribution in [2.75, 3.05) is 9.96 Å². The van der Waals surface area contributed by atoms with E-state index in [1.54, 1.807) is 59.7 Å². The quantitative estimate of drug-likeness (QED) is 0.113. The first-order valence-corrected chi connectivity index (χ1v) is 12.4. The topological polar surface area (TPSA) is 119 Å². The van der Waals surface area contributed by atoms with Gasteiger partial charge in [-0.25, -0.2) is 14.8 Å². The van der Waals surface area contributed by atoms with Crippen LogP contribution in [0, 0.1) is 16.0 Å². The molecule has 2 amide bonds. The molecule has 4 aromatic rings. The summed E-state index contributed by atoms with van der Waals surface area (Å²) in [6, 6.07) is 29.0. The van der Waals surface area contributed by atoms with E-state index in [9.17, 15) is 24.5 Å². The van der Waals surface area contributed by atoms with E-state index in [-0.39, 0.29) is 11.4 Å². The maximum atomic E-state index is 13.7. The average Bonchev–Trinajstić information content (AvgIpc) is 3.50. The molecule has 2 aliphatic rings. The number of ether oxygens (including phenoxy) is 1. The predicted octanol–water partition coefficient (Wildman–Crippen LogP) is 4.87. The lowest BCUT2D eigenvalue weighted by Gasteiger charge is -2.28. The second-order valence-corrected chi connectivity index (χ2v) is 9.27. The molecule has 2 fully saturated rings. The van der Waals surface area contributed by atoms with Crippen LogP contribution in [0.3, 0.4) is 0 Å². The fraction of sp³-hybridized carbons (Fsp3) is 0.100. The Hall–Kier alpha value is -5.35. The van der Waals surface area contributed by atoms with Crippen molar-refractivity contribution < 1.29 is 28.9 Å². The van der Waals surface area contributed by atoms with E-state index in [2.05, 4.69) is 0 Å². The molecule has 0 N–H and O–H groups in total. The highest BCUT2D eigenvalue weighted by atomic mass is 16.7. The molecule has 2 heterocycles. The van der Waals surface area contributed by atoms with Crippen molar-refractivity contribution in [2.45, 2.75) is 12.1 Å². The van der Waals surface area contributed by atoms with Crippen molar-refractivity contribution in [3.63, 3.8) is 0 Å². The summed E-state index contributed by atoms with van der Waals surface area (Å²) in [4.78, 5) is 57.3. The number of hydroxylamine groups is 1. The van der Waals surface area contributed by atoms with Gasteiger partial charge in [-0.3, -0.25) is 24.5 Å². The summed E-state index contributed by atoms with van der Waals surface area (Å²) in [5, 5.41) is 12.6. The number of nitro benzene ring substituents is 1. The van der Waals surface area contributed by atoms with Crippen molar-refractivity contribution in [1.82, 2.24) is 0 Å². The highest BCUT2D eigenvalue weighted by molar-refractivity contribution is 6.24. The predicted molar refractivity (Wildman–Crippen MR) is 143 cm³/mol. The van der Waals surface area contributed by atoms with Gasteiger partial charge in [0.2, 0.25) is 5.91 Å². The van der Waals surface area contributed by atoms with E-state index >= 15 is 0 Å². The van der Waals surface area contributed by atoms with Crippen LogP contribution in [0.25, 0.3) is 0 Å². The first kappa shape index (κ1) is 25.0. The Morgan fingerprint density at radius 1 is 0.775 bits per heavy atom. The van der Waals surface area contributed by atoms with Crippen LogP contribution in [0.1, 0.15) is 22.0 Å². The second-order valence-electron chi connectivity index (χ2n) is 9.27. The number of amides is 2. The van der Waals surface area contributed by atoms with Crippen molar-refractivity contribution in [3.8, 4) is 5.75 Å². The fourth-order valence-corrected chi connectivity index (χ4v) is 5.00. The summed E-state index contributed by atoms with van der Waals surface area (Å²) in [6.07, 6.45) is -1.09. The number of nitrogens with zero attached hydrogens (tertiary/aromatic N) is 3. The van der Waals surface area contributed by atoms with Crippen molar-refractivity contribution >= 4 is 34.8 Å². The fourth-order valence-electron chi connectivity index (χ4n) is 5.00. The summed E-state index contributed by atoms with van der Waals surface area (Å²) >= 11 is 0. The average molecular weight is 536 g/mol. The number of carbonyl (C=O) groups excluding carboxylic acids is 3. The van der Waals surface area contributed by atoms with Gasteiger partial charge in [0.05, 0.1) is 27.9 Å². The number of esters is 1. The van der Waals surface area contributed by atoms with Crippen LogP contribution in [-0.2, 0) is 14.4 Å². The number of hydrogen-bond acceptors (Lipinski definition) is 8. The van der Waals surface area contributed by atoms with Crippen LogP contribution in [0.15, 0.2) is 109 Å². The van der Waals surface area contributed by atoms with Crippen LogP contribution in [0.2, 0.25) is 0 Å². The molecule has 0 bridgehead atoms. The molecule has 0 radical (unpaired) electrons. The smallest absolute Gasteiger partial charge is 0.343 e. The van der Waals surface area contributed by atoms with E-state index in [1.807, 2.05) is 30.3 Å². The van der Waals surface area contributed by atoms with Crippen LogP contribution >= 0.6 is 0 Å². The van der Waals surface area contributed by atoms with Gasteiger partial charge in [0.25, 0.3) is 11.6 Å². The molecular weight excluding hydrogens is 514 g/mol. The maximum absolute atomic E-state index is 13.7. The molecule has 40 heavy (non-hydrogen) atoms. The number of nitro groups is 1. The Labute approximate surface area is 228 Å². The van der Waals surface area contributed by atoms with E-state index in [1.165, 1.54) is 24.3 Å². The standard InChI is InChI=1S/C30H21N3O7/c34-28-25-26(19-11-17-24(18-12-19)39-30(36)20-7-3-1-4-8-20)32(22-9-5-2-6-10-22)40-27(25)29(35)31(28)21-13-15-23(16-14-21)33(37)38/h1-18,25-27H/t25-,26+,27-/m0/s1. The van der Waals surface area contributed by atoms with Crippen LogP contribution in [0.4, 0.5) is 17.1 Å². The van der Waals surface area contributed by atoms with E-state index in [0.717, 1.165) is 4.90 Å². The highest BCUT2D eigenvalue weighted by Gasteiger charge is 2.60. The van der Waals surface area contributed by atoms with Gasteiger partial charge < -0.3 is 4.74 Å². The van der Waals surface area contributed by atoms with Gasteiger partial charge in [0.15, 0.2) is 6.10 Å². The van der Waals surface area contributed by atoms with E-state index < -0.39 is 40.8 Å². The Balaban J connectivity index is 1.32. The Morgan fingerprint density at radius 3 is 2.02 bits per heavy atom. The minimum absolute atomic E-state index is 0.152. The minimum atomic E-state index is -1.09. The molecule has 10 nitrogen and oxygen atoms in total. The number of hydrogen-bond donors (Lipinski definition) is 0. The largest absolute Gasteiger partial charge is 0.423 e. The number of non-ortho nitro benzene ring substituents is 1. The Bertz CT molecular complexity index is 1590. The van der Waals surface area contributed by atoms with Gasteiger partial charge in [-0.1, -0.05) is 48.5 Å². The van der Waals surface area contributed by atoms with E-state index in [0.29, 0.717) is 22.6 Å². The minimum Gasteiger partial charge on any atom is -0.423 e. The third-order valence-corrected chi connectivity index (χ3v) is 6.89. The lowest BCUT2D eigenvalue weighted by atomic mass is 9.90. The van der Waals surface area contributed by atoms with Crippen molar-refractivity contribution in [2.24, 2.45) is 5.92 Å². The number of fused-ring (bicyclic) bond motifs is 1. The third kappa shape index (κ3) is 4.36. The number of anilines is 2. The molecule has 4 aromatic carbocycles. The molecule has 198 valence electrons. The van der Waals surface area contributed by atoms with Gasteiger partial charge in [-0.05, 0) is 54.1 Å². The summed E-state index contributed by atoms with van der Waals surface area (Å²) in [5.41, 5.74) is 1.81. The van der Waals surface area contributed by atoms with E-state index in [4.69, 9.17) is 9.57 Å². The zero-order chi connectivity index (χ0) is 27.8. The zero-order valence-electron chi connectivity index (χ0n) is 20.8. The number of para-hydroxylation sites is 1. The molecule has 6 rings (SSSR count). The molecule has 0 saturated carbocycles. The zero-order valence-corrected chi connectivity index (χ0v) is 20.8. The van der Waals surface area contributed by atoms with Gasteiger partial charge >= 0.3 is 5.97 Å². The number of benzene rings is 4. The molecule has 3 atom stereocenters. The molecule has 0 unspecified atom stereocenters. The molecule has 0 aliphatic carbocycles. The van der Waals surface area contributed by atoms with Gasteiger partial charge in [-0.15, -0.1) is 0 Å². The monoisotopic (exact) mass is 535 g/mol. The number of imide groups is 1. The number of carbonyl (C=O) groups is 3. The second kappa shape index (κ2) is 10.1. The van der Waals surface area contributed by atoms with Crippen LogP contribution in [0.5, 0.6) is 5.75 Å². The van der Waals surface area contributed by atoms with Gasteiger partial charge in [-0.2, -0.15) is 0 Å². The molecule has 2 saturated heterocycles. The summed E-state index contributed by atoms with van der Waals surface area (Å²) < 4.78 is 5.49. The van der Waals surface area contributed by atoms with Crippen molar-refractivity contribution in [3.05, 3.63) is 130 Å². The lowest BCUT2D eigenvalue weighted by molar-refractivity contribution is -0.384. The molecule has 2 aliphatic heterocycles.